The average Bonchev–Trinajstić information content (AvgIpc) is 2.97. The molecule has 0 atom stereocenters. The van der Waals surface area contributed by atoms with Crippen LogP contribution in [-0.4, -0.2) is 0 Å². The summed E-state index contributed by atoms with van der Waals surface area (Å²) in [6, 6.07) is 48.5. The highest BCUT2D eigenvalue weighted by Gasteiger charge is 2.20. The van der Waals surface area contributed by atoms with E-state index in [0.29, 0.717) is 0 Å². The van der Waals surface area contributed by atoms with Crippen molar-refractivity contribution in [1.82, 2.24) is 0 Å². The number of fused-ring (bicyclic) bond motifs is 1. The Labute approximate surface area is 237 Å². The fraction of sp³-hybridized carbons (Fsp3) is 0.105. The lowest BCUT2D eigenvalue weighted by Crippen LogP contribution is -2.14. The van der Waals surface area contributed by atoms with Gasteiger partial charge in [0.05, 0.1) is 5.69 Å². The molecular weight excluding hydrogens is 484 g/mol. The molecular formula is C38H34N2. The van der Waals surface area contributed by atoms with E-state index in [9.17, 15) is 0 Å². The molecule has 0 aromatic heterocycles. The second kappa shape index (κ2) is 10.7. The number of hydrogen-bond acceptors (Lipinski definition) is 2. The third-order valence-corrected chi connectivity index (χ3v) is 7.49. The zero-order valence-electron chi connectivity index (χ0n) is 23.6. The van der Waals surface area contributed by atoms with Gasteiger partial charge in [0.25, 0.3) is 0 Å². The van der Waals surface area contributed by atoms with E-state index in [-0.39, 0.29) is 0 Å². The van der Waals surface area contributed by atoms with E-state index in [1.165, 1.54) is 33.0 Å². The third kappa shape index (κ3) is 5.09. The molecule has 0 radical (unpaired) electrons. The maximum atomic E-state index is 2.38. The van der Waals surface area contributed by atoms with Crippen LogP contribution in [0, 0.1) is 27.7 Å². The van der Waals surface area contributed by atoms with Gasteiger partial charge < -0.3 is 9.80 Å². The van der Waals surface area contributed by atoms with E-state index in [1.807, 2.05) is 0 Å². The second-order valence-electron chi connectivity index (χ2n) is 10.7. The van der Waals surface area contributed by atoms with Crippen molar-refractivity contribution in [3.63, 3.8) is 0 Å². The predicted molar refractivity (Wildman–Crippen MR) is 172 cm³/mol. The fourth-order valence-corrected chi connectivity index (χ4v) is 5.24. The summed E-state index contributed by atoms with van der Waals surface area (Å²) in [5, 5.41) is 2.41. The molecule has 6 rings (SSSR count). The van der Waals surface area contributed by atoms with Gasteiger partial charge in [-0.15, -0.1) is 0 Å². The maximum Gasteiger partial charge on any atom is 0.0560 e. The minimum atomic E-state index is 1.12. The Kier molecular flexibility index (Phi) is 6.84. The minimum absolute atomic E-state index is 1.12. The Morgan fingerprint density at radius 3 is 1.15 bits per heavy atom. The molecule has 6 aromatic rings. The quantitative estimate of drug-likeness (QED) is 0.216. The molecule has 0 unspecified atom stereocenters. The van der Waals surface area contributed by atoms with Crippen molar-refractivity contribution in [3.8, 4) is 0 Å². The molecule has 0 bridgehead atoms. The summed E-state index contributed by atoms with van der Waals surface area (Å²) >= 11 is 0. The van der Waals surface area contributed by atoms with Crippen molar-refractivity contribution in [3.05, 3.63) is 156 Å². The monoisotopic (exact) mass is 518 g/mol. The smallest absolute Gasteiger partial charge is 0.0560 e. The molecule has 2 heteroatoms. The first-order valence-corrected chi connectivity index (χ1v) is 13.9. The van der Waals surface area contributed by atoms with E-state index < -0.39 is 0 Å². The van der Waals surface area contributed by atoms with Crippen LogP contribution >= 0.6 is 0 Å². The van der Waals surface area contributed by atoms with E-state index in [2.05, 4.69) is 171 Å². The van der Waals surface area contributed by atoms with Crippen LogP contribution in [0.4, 0.5) is 34.1 Å². The second-order valence-corrected chi connectivity index (χ2v) is 10.7. The van der Waals surface area contributed by atoms with E-state index in [0.717, 1.165) is 34.1 Å². The Morgan fingerprint density at radius 1 is 0.350 bits per heavy atom. The van der Waals surface area contributed by atoms with Crippen molar-refractivity contribution in [2.75, 3.05) is 9.80 Å². The number of benzene rings is 6. The Morgan fingerprint density at radius 2 is 0.725 bits per heavy atom. The highest BCUT2D eigenvalue weighted by Crippen LogP contribution is 2.44. The molecule has 196 valence electrons. The SMILES string of the molecule is Cc1ccc(N(c2ccc(C)cc2)c2cc(N(c3ccc(C)cc3)c3ccc(C)cc3)c3ccccc3c2)cc1. The molecule has 2 nitrogen and oxygen atoms in total. The Bertz CT molecular complexity index is 1660. The summed E-state index contributed by atoms with van der Waals surface area (Å²) in [5.74, 6) is 0. The molecule has 0 aliphatic heterocycles. The summed E-state index contributed by atoms with van der Waals surface area (Å²) in [6.45, 7) is 8.54. The van der Waals surface area contributed by atoms with Crippen LogP contribution in [0.5, 0.6) is 0 Å². The van der Waals surface area contributed by atoms with Gasteiger partial charge in [-0.3, -0.25) is 0 Å². The van der Waals surface area contributed by atoms with Gasteiger partial charge in [-0.2, -0.15) is 0 Å². The van der Waals surface area contributed by atoms with Gasteiger partial charge in [0.2, 0.25) is 0 Å². The van der Waals surface area contributed by atoms with Crippen LogP contribution in [0.2, 0.25) is 0 Å². The number of rotatable bonds is 6. The zero-order valence-corrected chi connectivity index (χ0v) is 23.6. The first kappa shape index (κ1) is 25.5. The highest BCUT2D eigenvalue weighted by molar-refractivity contribution is 6.02. The van der Waals surface area contributed by atoms with Gasteiger partial charge in [0, 0.05) is 33.8 Å². The lowest BCUT2D eigenvalue weighted by atomic mass is 10.0. The minimum Gasteiger partial charge on any atom is -0.310 e. The molecule has 0 saturated heterocycles. The van der Waals surface area contributed by atoms with Gasteiger partial charge in [-0.05, 0) is 93.7 Å². The summed E-state index contributed by atoms with van der Waals surface area (Å²) < 4.78 is 0. The standard InChI is InChI=1S/C38H34N2/c1-27-9-17-32(18-10-27)39(33-19-11-28(2)12-20-33)36-25-31-7-5-6-8-37(31)38(26-36)40(34-21-13-29(3)14-22-34)35-23-15-30(4)16-24-35/h5-26H,1-4H3. The Balaban J connectivity index is 1.63. The Hall–Kier alpha value is -4.82. The topological polar surface area (TPSA) is 6.48 Å². The van der Waals surface area contributed by atoms with Crippen LogP contribution in [0.25, 0.3) is 10.8 Å². The van der Waals surface area contributed by atoms with Crippen LogP contribution in [0.3, 0.4) is 0 Å². The van der Waals surface area contributed by atoms with Crippen molar-refractivity contribution < 1.29 is 0 Å². The molecule has 0 saturated carbocycles. The van der Waals surface area contributed by atoms with Gasteiger partial charge in [0.15, 0.2) is 0 Å². The van der Waals surface area contributed by atoms with E-state index >= 15 is 0 Å². The van der Waals surface area contributed by atoms with Crippen molar-refractivity contribution in [2.24, 2.45) is 0 Å². The zero-order chi connectivity index (χ0) is 27.6. The maximum absolute atomic E-state index is 2.38. The van der Waals surface area contributed by atoms with Crippen molar-refractivity contribution >= 4 is 44.9 Å². The lowest BCUT2D eigenvalue weighted by molar-refractivity contribution is 1.25. The van der Waals surface area contributed by atoms with Gasteiger partial charge in [-0.25, -0.2) is 0 Å². The normalized spacial score (nSPS) is 11.0. The van der Waals surface area contributed by atoms with Crippen molar-refractivity contribution in [1.29, 1.82) is 0 Å². The largest absolute Gasteiger partial charge is 0.310 e. The fourth-order valence-electron chi connectivity index (χ4n) is 5.24. The molecule has 0 aliphatic rings. The number of aryl methyl sites for hydroxylation is 4. The van der Waals surface area contributed by atoms with Gasteiger partial charge in [0.1, 0.15) is 0 Å². The predicted octanol–water partition coefficient (Wildman–Crippen LogP) is 11.0. The molecule has 0 aliphatic carbocycles. The summed E-state index contributed by atoms with van der Waals surface area (Å²) in [6.07, 6.45) is 0. The number of nitrogens with zero attached hydrogens (tertiary/aromatic N) is 2. The van der Waals surface area contributed by atoms with Crippen LogP contribution in [0.15, 0.2) is 133 Å². The van der Waals surface area contributed by atoms with Gasteiger partial charge >= 0.3 is 0 Å². The molecule has 0 amide bonds. The highest BCUT2D eigenvalue weighted by atomic mass is 15.2. The molecule has 40 heavy (non-hydrogen) atoms. The number of hydrogen-bond donors (Lipinski definition) is 0. The van der Waals surface area contributed by atoms with Crippen molar-refractivity contribution in [2.45, 2.75) is 27.7 Å². The lowest BCUT2D eigenvalue weighted by Gasteiger charge is -2.31. The molecule has 0 heterocycles. The third-order valence-electron chi connectivity index (χ3n) is 7.49. The first-order chi connectivity index (χ1) is 19.5. The summed E-state index contributed by atoms with van der Waals surface area (Å²) in [5.41, 5.74) is 11.8. The van der Waals surface area contributed by atoms with Crippen LogP contribution < -0.4 is 9.80 Å². The summed E-state index contributed by atoms with van der Waals surface area (Å²) in [7, 11) is 0. The average molecular weight is 519 g/mol. The molecule has 0 fully saturated rings. The van der Waals surface area contributed by atoms with Gasteiger partial charge in [-0.1, -0.05) is 95.1 Å². The summed E-state index contributed by atoms with van der Waals surface area (Å²) in [4.78, 5) is 4.74. The van der Waals surface area contributed by atoms with E-state index in [4.69, 9.17) is 0 Å². The molecule has 6 aromatic carbocycles. The van der Waals surface area contributed by atoms with Crippen LogP contribution in [0.1, 0.15) is 22.3 Å². The first-order valence-electron chi connectivity index (χ1n) is 13.9. The van der Waals surface area contributed by atoms with Crippen LogP contribution in [-0.2, 0) is 0 Å². The number of anilines is 6. The van der Waals surface area contributed by atoms with E-state index in [1.54, 1.807) is 0 Å². The molecule has 0 N–H and O–H groups in total. The molecule has 0 spiro atoms.